The summed E-state index contributed by atoms with van der Waals surface area (Å²) in [6, 6.07) is 31.3. The number of hydrogen-bond donors (Lipinski definition) is 2. The van der Waals surface area contributed by atoms with Crippen molar-refractivity contribution < 1.29 is 19.1 Å². The largest absolute Gasteiger partial charge is 0.453 e. The van der Waals surface area contributed by atoms with Crippen molar-refractivity contribution in [1.29, 1.82) is 0 Å². The number of aryl methyl sites for hydroxylation is 3. The summed E-state index contributed by atoms with van der Waals surface area (Å²) in [5.41, 5.74) is 3.97. The Morgan fingerprint density at radius 1 is 0.610 bits per heavy atom. The maximum atomic E-state index is 12.8. The van der Waals surface area contributed by atoms with Crippen molar-refractivity contribution in [3.8, 4) is 0 Å². The van der Waals surface area contributed by atoms with Gasteiger partial charge in [0.2, 0.25) is 0 Å². The van der Waals surface area contributed by atoms with E-state index in [4.69, 9.17) is 9.47 Å². The molecule has 2 N–H and O–H groups in total. The van der Waals surface area contributed by atoms with Crippen LogP contribution in [0.4, 0.5) is 22.7 Å². The molecule has 0 amide bonds. The highest BCUT2D eigenvalue weighted by Gasteiger charge is 2.21. The number of aromatic nitrogens is 6. The number of nitrogens with zero attached hydrogens (tertiary/aromatic N) is 6. The molecule has 0 bridgehead atoms. The molecule has 0 aliphatic heterocycles. The second kappa shape index (κ2) is 19.1. The van der Waals surface area contributed by atoms with Gasteiger partial charge in [-0.25, -0.2) is 19.0 Å². The first-order valence-electron chi connectivity index (χ1n) is 19.1. The molecule has 14 heteroatoms. The highest BCUT2D eigenvalue weighted by atomic mass is 16.5. The van der Waals surface area contributed by atoms with Gasteiger partial charge in [-0.05, 0) is 57.4 Å². The summed E-state index contributed by atoms with van der Waals surface area (Å²) in [5.74, 6) is -1.19. The molecule has 2 atom stereocenters. The van der Waals surface area contributed by atoms with E-state index >= 15 is 0 Å². The smallest absolute Gasteiger partial charge is 0.359 e. The minimum absolute atomic E-state index is 0.0555. The summed E-state index contributed by atoms with van der Waals surface area (Å²) in [7, 11) is 0. The van der Waals surface area contributed by atoms with E-state index in [0.29, 0.717) is 24.5 Å². The lowest BCUT2D eigenvalue weighted by Gasteiger charge is -2.15. The molecule has 3 aromatic carbocycles. The highest BCUT2D eigenvalue weighted by Crippen LogP contribution is 2.25. The number of fused-ring (bicyclic) bond motifs is 1. The summed E-state index contributed by atoms with van der Waals surface area (Å²) in [4.78, 5) is 59.1. The van der Waals surface area contributed by atoms with Crippen LogP contribution in [0.5, 0.6) is 0 Å². The number of anilines is 4. The molecule has 7 aromatic rings. The highest BCUT2D eigenvalue weighted by molar-refractivity contribution is 5.95. The zero-order valence-electron chi connectivity index (χ0n) is 33.3. The summed E-state index contributed by atoms with van der Waals surface area (Å²) >= 11 is 0. The minimum Gasteiger partial charge on any atom is -0.453 e. The van der Waals surface area contributed by atoms with E-state index in [0.717, 1.165) is 27.5 Å². The van der Waals surface area contributed by atoms with Crippen molar-refractivity contribution in [3.63, 3.8) is 0 Å². The molecule has 0 fully saturated rings. The molecule has 0 aliphatic carbocycles. The quantitative estimate of drug-likeness (QED) is 0.114. The van der Waals surface area contributed by atoms with Gasteiger partial charge in [0, 0.05) is 48.4 Å². The number of pyridine rings is 2. The van der Waals surface area contributed by atoms with Gasteiger partial charge in [-0.15, -0.1) is 0 Å². The molecule has 0 saturated heterocycles. The van der Waals surface area contributed by atoms with Gasteiger partial charge in [0.05, 0.1) is 23.8 Å². The van der Waals surface area contributed by atoms with Crippen molar-refractivity contribution in [2.45, 2.75) is 59.9 Å². The number of benzene rings is 3. The molecule has 300 valence electrons. The molecule has 4 aromatic heterocycles. The first-order valence-corrected chi connectivity index (χ1v) is 19.1. The molecule has 2 unspecified atom stereocenters. The third-order valence-corrected chi connectivity index (χ3v) is 9.32. The Balaban J connectivity index is 0.000000199. The number of hydrogen-bond acceptors (Lipinski definition) is 12. The second-order valence-corrected chi connectivity index (χ2v) is 13.4. The van der Waals surface area contributed by atoms with Gasteiger partial charge in [-0.3, -0.25) is 19.6 Å². The summed E-state index contributed by atoms with van der Waals surface area (Å²) in [5, 5.41) is 16.3. The van der Waals surface area contributed by atoms with Crippen molar-refractivity contribution in [1.82, 2.24) is 29.5 Å². The van der Waals surface area contributed by atoms with Crippen LogP contribution >= 0.6 is 0 Å². The second-order valence-electron chi connectivity index (χ2n) is 13.4. The predicted molar refractivity (Wildman–Crippen MR) is 226 cm³/mol. The van der Waals surface area contributed by atoms with Gasteiger partial charge in [0.1, 0.15) is 23.6 Å². The number of carbonyl (C=O) groups is 2. The van der Waals surface area contributed by atoms with Crippen LogP contribution in [0.15, 0.2) is 138 Å². The van der Waals surface area contributed by atoms with Crippen LogP contribution in [0.1, 0.15) is 77.6 Å². The Bertz CT molecular complexity index is 2680. The Morgan fingerprint density at radius 3 is 1.59 bits per heavy atom. The molecule has 14 nitrogen and oxygen atoms in total. The molecule has 7 rings (SSSR count). The fourth-order valence-electron chi connectivity index (χ4n) is 6.02. The lowest BCUT2D eigenvalue weighted by atomic mass is 10.1. The van der Waals surface area contributed by atoms with Crippen LogP contribution in [-0.2, 0) is 22.6 Å². The molecule has 59 heavy (non-hydrogen) atoms. The average molecular weight is 793 g/mol. The van der Waals surface area contributed by atoms with Crippen molar-refractivity contribution >= 4 is 45.5 Å². The van der Waals surface area contributed by atoms with Crippen LogP contribution in [0.2, 0.25) is 0 Å². The van der Waals surface area contributed by atoms with E-state index in [1.54, 1.807) is 52.5 Å². The summed E-state index contributed by atoms with van der Waals surface area (Å²) in [6.07, 6.45) is 5.82. The van der Waals surface area contributed by atoms with Gasteiger partial charge in [-0.2, -0.15) is 10.2 Å². The summed E-state index contributed by atoms with van der Waals surface area (Å²) in [6.45, 7) is 9.71. The van der Waals surface area contributed by atoms with Gasteiger partial charge >= 0.3 is 11.9 Å². The Morgan fingerprint density at radius 2 is 1.08 bits per heavy atom. The molecular weight excluding hydrogens is 749 g/mol. The van der Waals surface area contributed by atoms with Gasteiger partial charge in [-0.1, -0.05) is 84.9 Å². The Kier molecular flexibility index (Phi) is 13.3. The lowest BCUT2D eigenvalue weighted by Crippen LogP contribution is -2.27. The summed E-state index contributed by atoms with van der Waals surface area (Å²) < 4.78 is 13.6. The first-order chi connectivity index (χ1) is 28.6. The predicted octanol–water partition coefficient (Wildman–Crippen LogP) is 8.10. The topological polar surface area (TPSA) is 172 Å². The van der Waals surface area contributed by atoms with Crippen molar-refractivity contribution in [2.24, 2.45) is 0 Å². The van der Waals surface area contributed by atoms with Crippen molar-refractivity contribution in [2.75, 3.05) is 10.6 Å². The van der Waals surface area contributed by atoms with Crippen LogP contribution in [0.25, 0.3) is 10.8 Å². The SMILES string of the molecule is CCn1nc(C(=O)OC(C)c2ccccc2)cc(Nc2cncc3ccccc23)c1=O.CCn1nc(C(=O)OC(C)c2ccccc2)cc(Nc2cnccc2C)c1=O. The van der Waals surface area contributed by atoms with Crippen LogP contribution < -0.4 is 21.8 Å². The van der Waals surface area contributed by atoms with Crippen LogP contribution in [-0.4, -0.2) is 41.5 Å². The fraction of sp³-hybridized carbons (Fsp3) is 0.200. The van der Waals surface area contributed by atoms with E-state index in [-0.39, 0.29) is 33.9 Å². The van der Waals surface area contributed by atoms with E-state index in [1.807, 2.05) is 97.9 Å². The van der Waals surface area contributed by atoms with Crippen molar-refractivity contribution in [3.05, 3.63) is 177 Å². The number of carbonyl (C=O) groups excluding carboxylic acids is 2. The van der Waals surface area contributed by atoms with E-state index in [9.17, 15) is 19.2 Å². The maximum absolute atomic E-state index is 12.8. The first kappa shape index (κ1) is 41.2. The zero-order chi connectivity index (χ0) is 41.9. The molecule has 0 aliphatic rings. The fourth-order valence-corrected chi connectivity index (χ4v) is 6.02. The number of esters is 2. The van der Waals surface area contributed by atoms with Crippen LogP contribution in [0.3, 0.4) is 0 Å². The van der Waals surface area contributed by atoms with E-state index in [2.05, 4.69) is 30.8 Å². The number of nitrogens with one attached hydrogen (secondary N) is 2. The third kappa shape index (κ3) is 10.1. The minimum atomic E-state index is -0.599. The average Bonchev–Trinajstić information content (AvgIpc) is 3.26. The van der Waals surface area contributed by atoms with Gasteiger partial charge in [0.25, 0.3) is 11.1 Å². The molecule has 4 heterocycles. The van der Waals surface area contributed by atoms with E-state index in [1.165, 1.54) is 21.5 Å². The Hall–Kier alpha value is -7.48. The zero-order valence-corrected chi connectivity index (χ0v) is 33.3. The molecule has 0 spiro atoms. The Labute approximate surface area is 340 Å². The monoisotopic (exact) mass is 792 g/mol. The standard InChI is InChI=1S/C24H22N4O3.C21H22N4O3/c1-3-28-23(29)20(26-22-15-25-14-18-11-7-8-12-19(18)22)13-21(27-28)24(30)31-16(2)17-9-5-4-6-10-17;1-4-25-20(26)17(23-19-13-22-11-10-14(19)2)12-18(24-25)21(27)28-15(3)16-8-6-5-7-9-16/h4-16,26H,3H2,1-2H3;5-13,15,23H,4H2,1-3H3. The molecular formula is C45H44N8O6. The third-order valence-electron chi connectivity index (χ3n) is 9.32. The van der Waals surface area contributed by atoms with Gasteiger partial charge < -0.3 is 20.1 Å². The number of rotatable bonds is 12. The van der Waals surface area contributed by atoms with Gasteiger partial charge in [0.15, 0.2) is 11.4 Å². The molecule has 0 radical (unpaired) electrons. The normalized spacial score (nSPS) is 11.7. The van der Waals surface area contributed by atoms with Crippen LogP contribution in [0, 0.1) is 6.92 Å². The maximum Gasteiger partial charge on any atom is 0.359 e. The van der Waals surface area contributed by atoms with E-state index < -0.39 is 24.1 Å². The lowest BCUT2D eigenvalue weighted by molar-refractivity contribution is 0.0318. The molecule has 0 saturated carbocycles. The number of ether oxygens (including phenoxy) is 2.